The number of piperidine rings is 1. The molecule has 16 heavy (non-hydrogen) atoms. The Bertz CT molecular complexity index is 286. The molecule has 0 amide bonds. The number of likely N-dealkylation sites (tertiary alicyclic amines) is 1. The van der Waals surface area contributed by atoms with E-state index in [0.717, 1.165) is 13.0 Å². The molecule has 1 aliphatic rings. The monoisotopic (exact) mass is 225 g/mol. The molecule has 1 rings (SSSR count). The molecule has 1 saturated heterocycles. The Kier molecular flexibility index (Phi) is 3.79. The van der Waals surface area contributed by atoms with Crippen LogP contribution in [0.2, 0.25) is 0 Å². The fourth-order valence-corrected chi connectivity index (χ4v) is 2.70. The van der Waals surface area contributed by atoms with Gasteiger partial charge in [0.15, 0.2) is 0 Å². The van der Waals surface area contributed by atoms with E-state index in [1.807, 2.05) is 0 Å². The van der Waals surface area contributed by atoms with Crippen LogP contribution in [-0.4, -0.2) is 35.1 Å². The number of carboxylic acids is 1. The zero-order valence-corrected chi connectivity index (χ0v) is 10.7. The fraction of sp³-hybridized carbons (Fsp3) is 0.769. The SMILES string of the molecule is C=CC(C(=O)O)C1CCN(C)C(C)(C)C1C. The van der Waals surface area contributed by atoms with Crippen molar-refractivity contribution in [3.8, 4) is 0 Å². The van der Waals surface area contributed by atoms with E-state index >= 15 is 0 Å². The number of carboxylic acid groups (broad SMARTS) is 1. The molecule has 0 saturated carbocycles. The summed E-state index contributed by atoms with van der Waals surface area (Å²) in [5.41, 5.74) is 0.0552. The summed E-state index contributed by atoms with van der Waals surface area (Å²) in [5.74, 6) is -0.610. The first-order valence-corrected chi connectivity index (χ1v) is 5.89. The van der Waals surface area contributed by atoms with Crippen LogP contribution in [-0.2, 0) is 4.79 Å². The van der Waals surface area contributed by atoms with Gasteiger partial charge in [0.25, 0.3) is 0 Å². The van der Waals surface area contributed by atoms with Gasteiger partial charge in [0.2, 0.25) is 0 Å². The zero-order valence-electron chi connectivity index (χ0n) is 10.7. The lowest BCUT2D eigenvalue weighted by molar-refractivity contribution is -0.144. The molecule has 0 radical (unpaired) electrons. The molecule has 1 N–H and O–H groups in total. The van der Waals surface area contributed by atoms with Gasteiger partial charge in [-0.1, -0.05) is 13.0 Å². The highest BCUT2D eigenvalue weighted by Crippen LogP contribution is 2.40. The van der Waals surface area contributed by atoms with Crippen molar-refractivity contribution in [3.63, 3.8) is 0 Å². The first-order chi connectivity index (χ1) is 7.32. The Morgan fingerprint density at radius 3 is 2.62 bits per heavy atom. The average Bonchev–Trinajstić information content (AvgIpc) is 2.19. The molecule has 0 aliphatic carbocycles. The highest BCUT2D eigenvalue weighted by atomic mass is 16.4. The van der Waals surface area contributed by atoms with Crippen LogP contribution in [0.1, 0.15) is 27.2 Å². The quantitative estimate of drug-likeness (QED) is 0.749. The number of carbonyl (C=O) groups is 1. The van der Waals surface area contributed by atoms with Crippen LogP contribution in [0.25, 0.3) is 0 Å². The lowest BCUT2D eigenvalue weighted by Gasteiger charge is -2.50. The van der Waals surface area contributed by atoms with E-state index in [1.165, 1.54) is 0 Å². The number of hydrogen-bond donors (Lipinski definition) is 1. The van der Waals surface area contributed by atoms with Crippen molar-refractivity contribution in [1.29, 1.82) is 0 Å². The summed E-state index contributed by atoms with van der Waals surface area (Å²) < 4.78 is 0. The minimum atomic E-state index is -0.743. The van der Waals surface area contributed by atoms with Crippen molar-refractivity contribution in [2.45, 2.75) is 32.7 Å². The van der Waals surface area contributed by atoms with Crippen molar-refractivity contribution in [2.24, 2.45) is 17.8 Å². The van der Waals surface area contributed by atoms with Gasteiger partial charge in [-0.25, -0.2) is 0 Å². The summed E-state index contributed by atoms with van der Waals surface area (Å²) in [4.78, 5) is 13.5. The Morgan fingerprint density at radius 2 is 2.19 bits per heavy atom. The highest BCUT2D eigenvalue weighted by molar-refractivity contribution is 5.72. The van der Waals surface area contributed by atoms with Gasteiger partial charge in [0.05, 0.1) is 5.92 Å². The maximum absolute atomic E-state index is 11.2. The van der Waals surface area contributed by atoms with Gasteiger partial charge in [-0.2, -0.15) is 0 Å². The van der Waals surface area contributed by atoms with Gasteiger partial charge in [-0.05, 0) is 45.7 Å². The lowest BCUT2D eigenvalue weighted by atomic mass is 9.68. The molecule has 3 heteroatoms. The van der Waals surface area contributed by atoms with Gasteiger partial charge in [0.1, 0.15) is 0 Å². The molecule has 0 aromatic rings. The minimum absolute atomic E-state index is 0.0552. The maximum Gasteiger partial charge on any atom is 0.310 e. The van der Waals surface area contributed by atoms with E-state index in [-0.39, 0.29) is 11.5 Å². The molecule has 1 fully saturated rings. The van der Waals surface area contributed by atoms with Crippen molar-refractivity contribution in [2.75, 3.05) is 13.6 Å². The fourth-order valence-electron chi connectivity index (χ4n) is 2.70. The second kappa shape index (κ2) is 4.58. The molecule has 92 valence electrons. The smallest absolute Gasteiger partial charge is 0.310 e. The van der Waals surface area contributed by atoms with E-state index in [0.29, 0.717) is 5.92 Å². The van der Waals surface area contributed by atoms with E-state index in [2.05, 4.69) is 39.3 Å². The van der Waals surface area contributed by atoms with Crippen molar-refractivity contribution in [1.82, 2.24) is 4.90 Å². The van der Waals surface area contributed by atoms with E-state index in [9.17, 15) is 9.90 Å². The van der Waals surface area contributed by atoms with Gasteiger partial charge >= 0.3 is 5.97 Å². The van der Waals surface area contributed by atoms with Crippen molar-refractivity contribution in [3.05, 3.63) is 12.7 Å². The number of nitrogens with zero attached hydrogens (tertiary/aromatic N) is 1. The largest absolute Gasteiger partial charge is 0.481 e. The normalized spacial score (nSPS) is 32.0. The average molecular weight is 225 g/mol. The molecule has 3 unspecified atom stereocenters. The van der Waals surface area contributed by atoms with Gasteiger partial charge in [-0.15, -0.1) is 6.58 Å². The molecule has 0 spiro atoms. The van der Waals surface area contributed by atoms with E-state index < -0.39 is 11.9 Å². The molecular formula is C13H23NO2. The lowest BCUT2D eigenvalue weighted by Crippen LogP contribution is -2.55. The Balaban J connectivity index is 2.91. The highest BCUT2D eigenvalue weighted by Gasteiger charge is 2.43. The van der Waals surface area contributed by atoms with E-state index in [1.54, 1.807) is 6.08 Å². The number of rotatable bonds is 3. The summed E-state index contributed by atoms with van der Waals surface area (Å²) in [6.07, 6.45) is 2.52. The van der Waals surface area contributed by atoms with Crippen LogP contribution in [0, 0.1) is 17.8 Å². The summed E-state index contributed by atoms with van der Waals surface area (Å²) >= 11 is 0. The second-order valence-corrected chi connectivity index (χ2v) is 5.42. The van der Waals surface area contributed by atoms with Gasteiger partial charge in [-0.3, -0.25) is 4.79 Å². The molecule has 0 bridgehead atoms. The molecular weight excluding hydrogens is 202 g/mol. The molecule has 3 nitrogen and oxygen atoms in total. The molecule has 3 atom stereocenters. The third kappa shape index (κ3) is 2.14. The molecule has 0 aromatic heterocycles. The van der Waals surface area contributed by atoms with Gasteiger partial charge in [0, 0.05) is 5.54 Å². The predicted molar refractivity (Wildman–Crippen MR) is 65.3 cm³/mol. The van der Waals surface area contributed by atoms with Crippen LogP contribution in [0.5, 0.6) is 0 Å². The number of hydrogen-bond acceptors (Lipinski definition) is 2. The topological polar surface area (TPSA) is 40.5 Å². The Labute approximate surface area is 98.1 Å². The van der Waals surface area contributed by atoms with Crippen LogP contribution in [0.15, 0.2) is 12.7 Å². The van der Waals surface area contributed by atoms with Crippen LogP contribution in [0.4, 0.5) is 0 Å². The summed E-state index contributed by atoms with van der Waals surface area (Å²) in [6, 6.07) is 0. The van der Waals surface area contributed by atoms with Crippen molar-refractivity contribution >= 4 is 5.97 Å². The third-order valence-corrected chi connectivity index (χ3v) is 4.54. The predicted octanol–water partition coefficient (Wildman–Crippen LogP) is 2.24. The molecule has 0 aromatic carbocycles. The first-order valence-electron chi connectivity index (χ1n) is 5.89. The Morgan fingerprint density at radius 1 is 1.62 bits per heavy atom. The number of aliphatic carboxylic acids is 1. The van der Waals surface area contributed by atoms with Crippen LogP contribution < -0.4 is 0 Å². The summed E-state index contributed by atoms with van der Waals surface area (Å²) in [6.45, 7) is 11.1. The standard InChI is InChI=1S/C13H23NO2/c1-6-10(12(15)16)11-7-8-14(5)13(3,4)9(11)2/h6,9-11H,1,7-8H2,2-5H3,(H,15,16). The first kappa shape index (κ1) is 13.2. The van der Waals surface area contributed by atoms with Crippen molar-refractivity contribution < 1.29 is 9.90 Å². The second-order valence-electron chi connectivity index (χ2n) is 5.42. The third-order valence-electron chi connectivity index (χ3n) is 4.54. The minimum Gasteiger partial charge on any atom is -0.481 e. The summed E-state index contributed by atoms with van der Waals surface area (Å²) in [5, 5.41) is 9.19. The van der Waals surface area contributed by atoms with E-state index in [4.69, 9.17) is 0 Å². The molecule has 1 heterocycles. The summed E-state index contributed by atoms with van der Waals surface area (Å²) in [7, 11) is 2.11. The van der Waals surface area contributed by atoms with Crippen LogP contribution in [0.3, 0.4) is 0 Å². The Hall–Kier alpha value is -0.830. The van der Waals surface area contributed by atoms with Gasteiger partial charge < -0.3 is 10.0 Å². The zero-order chi connectivity index (χ0) is 12.5. The maximum atomic E-state index is 11.2. The van der Waals surface area contributed by atoms with Crippen LogP contribution >= 0.6 is 0 Å². The molecule has 1 aliphatic heterocycles.